The van der Waals surface area contributed by atoms with E-state index in [-0.39, 0.29) is 12.5 Å². The molecule has 0 aromatic heterocycles. The normalized spacial score (nSPS) is 15.4. The Bertz CT molecular complexity index is 205. The summed E-state index contributed by atoms with van der Waals surface area (Å²) in [6, 6.07) is -0.856. The van der Waals surface area contributed by atoms with E-state index in [0.717, 1.165) is 0 Å². The minimum absolute atomic E-state index is 0.0502. The number of hydrogen-bond donors (Lipinski definition) is 0. The van der Waals surface area contributed by atoms with Crippen LogP contribution in [0.15, 0.2) is 0 Å². The monoisotopic (exact) mass is 190 g/mol. The number of hydrogen-bond acceptors (Lipinski definition) is 4. The average molecular weight is 190 g/mol. The van der Waals surface area contributed by atoms with E-state index in [9.17, 15) is 20.2 Å². The Morgan fingerprint density at radius 1 is 1.15 bits per heavy atom. The van der Waals surface area contributed by atoms with Crippen molar-refractivity contribution in [2.24, 2.45) is 11.8 Å². The molecular formula is C7H14N2O4. The van der Waals surface area contributed by atoms with Gasteiger partial charge in [-0.1, -0.05) is 13.8 Å². The Kier molecular flexibility index (Phi) is 4.30. The van der Waals surface area contributed by atoms with Gasteiger partial charge in [-0.05, 0) is 5.92 Å². The van der Waals surface area contributed by atoms with Gasteiger partial charge in [-0.2, -0.15) is 0 Å². The Balaban J connectivity index is 4.41. The molecule has 76 valence electrons. The summed E-state index contributed by atoms with van der Waals surface area (Å²) in [4.78, 5) is 19.7. The average Bonchev–Trinajstić information content (AvgIpc) is 1.97. The summed E-state index contributed by atoms with van der Waals surface area (Å²) < 4.78 is 0. The molecule has 0 spiro atoms. The number of nitro groups is 2. The van der Waals surface area contributed by atoms with E-state index < -0.39 is 21.8 Å². The second kappa shape index (κ2) is 4.74. The summed E-state index contributed by atoms with van der Waals surface area (Å²) >= 11 is 0. The lowest BCUT2D eigenvalue weighted by Gasteiger charge is -2.17. The van der Waals surface area contributed by atoms with Crippen molar-refractivity contribution in [2.75, 3.05) is 6.54 Å². The first-order chi connectivity index (χ1) is 5.86. The summed E-state index contributed by atoms with van der Waals surface area (Å²) in [7, 11) is 0. The highest BCUT2D eigenvalue weighted by Gasteiger charge is 2.33. The van der Waals surface area contributed by atoms with Crippen molar-refractivity contribution in [1.82, 2.24) is 0 Å². The largest absolute Gasteiger partial charge is 0.265 e. The van der Waals surface area contributed by atoms with Crippen molar-refractivity contribution in [2.45, 2.75) is 26.8 Å². The van der Waals surface area contributed by atoms with E-state index in [4.69, 9.17) is 0 Å². The fourth-order valence-electron chi connectivity index (χ4n) is 1.25. The molecule has 0 radical (unpaired) electrons. The first kappa shape index (κ1) is 11.8. The molecule has 6 nitrogen and oxygen atoms in total. The van der Waals surface area contributed by atoms with Gasteiger partial charge in [-0.3, -0.25) is 20.2 Å². The van der Waals surface area contributed by atoms with Crippen LogP contribution in [-0.2, 0) is 0 Å². The first-order valence-electron chi connectivity index (χ1n) is 4.11. The zero-order valence-corrected chi connectivity index (χ0v) is 7.97. The van der Waals surface area contributed by atoms with E-state index >= 15 is 0 Å². The van der Waals surface area contributed by atoms with Gasteiger partial charge in [-0.15, -0.1) is 0 Å². The number of nitrogens with zero attached hydrogens (tertiary/aromatic N) is 2. The lowest BCUT2D eigenvalue weighted by Crippen LogP contribution is -2.34. The van der Waals surface area contributed by atoms with Gasteiger partial charge in [0, 0.05) is 16.8 Å². The summed E-state index contributed by atoms with van der Waals surface area (Å²) in [5.74, 6) is -0.546. The Labute approximate surface area is 76.2 Å². The van der Waals surface area contributed by atoms with E-state index in [1.165, 1.54) is 6.92 Å². The number of rotatable bonds is 5. The van der Waals surface area contributed by atoms with Crippen LogP contribution in [0.25, 0.3) is 0 Å². The van der Waals surface area contributed by atoms with Crippen LogP contribution in [0.4, 0.5) is 0 Å². The predicted octanol–water partition coefficient (Wildman–Crippen LogP) is 1.20. The van der Waals surface area contributed by atoms with E-state index in [1.54, 1.807) is 13.8 Å². The minimum atomic E-state index is -0.856. The zero-order valence-electron chi connectivity index (χ0n) is 7.97. The van der Waals surface area contributed by atoms with Crippen LogP contribution in [-0.4, -0.2) is 22.4 Å². The van der Waals surface area contributed by atoms with Gasteiger partial charge in [0.15, 0.2) is 0 Å². The van der Waals surface area contributed by atoms with Crippen LogP contribution in [0.1, 0.15) is 20.8 Å². The SMILES string of the molecule is CC(C)C(C[N+](=O)[O-])C(C)[N+](=O)[O-]. The van der Waals surface area contributed by atoms with Crippen molar-refractivity contribution in [3.05, 3.63) is 20.2 Å². The predicted molar refractivity (Wildman–Crippen MR) is 46.6 cm³/mol. The highest BCUT2D eigenvalue weighted by molar-refractivity contribution is 4.68. The van der Waals surface area contributed by atoms with E-state index in [2.05, 4.69) is 0 Å². The molecule has 0 fully saturated rings. The third kappa shape index (κ3) is 3.82. The van der Waals surface area contributed by atoms with Crippen molar-refractivity contribution in [3.63, 3.8) is 0 Å². The summed E-state index contributed by atoms with van der Waals surface area (Å²) in [6.45, 7) is 4.59. The molecule has 2 unspecified atom stereocenters. The summed E-state index contributed by atoms with van der Waals surface area (Å²) in [5.41, 5.74) is 0. The Morgan fingerprint density at radius 2 is 1.62 bits per heavy atom. The molecule has 0 rings (SSSR count). The third-order valence-corrected chi connectivity index (χ3v) is 2.17. The lowest BCUT2D eigenvalue weighted by molar-refractivity contribution is -0.554. The maximum Gasteiger partial charge on any atom is 0.219 e. The van der Waals surface area contributed by atoms with Crippen LogP contribution in [0.3, 0.4) is 0 Å². The van der Waals surface area contributed by atoms with Crippen molar-refractivity contribution in [1.29, 1.82) is 0 Å². The Hall–Kier alpha value is -1.20. The third-order valence-electron chi connectivity index (χ3n) is 2.17. The maximum atomic E-state index is 10.4. The van der Waals surface area contributed by atoms with Gasteiger partial charge in [0.05, 0.1) is 5.92 Å². The lowest BCUT2D eigenvalue weighted by atomic mass is 9.90. The van der Waals surface area contributed by atoms with Crippen LogP contribution in [0, 0.1) is 32.1 Å². The molecule has 0 aliphatic carbocycles. The van der Waals surface area contributed by atoms with Crippen LogP contribution in [0.5, 0.6) is 0 Å². The van der Waals surface area contributed by atoms with E-state index in [0.29, 0.717) is 0 Å². The molecule has 0 aromatic carbocycles. The van der Waals surface area contributed by atoms with Crippen molar-refractivity contribution < 1.29 is 9.85 Å². The van der Waals surface area contributed by atoms with Gasteiger partial charge >= 0.3 is 0 Å². The fourth-order valence-corrected chi connectivity index (χ4v) is 1.25. The highest BCUT2D eigenvalue weighted by Crippen LogP contribution is 2.17. The summed E-state index contributed by atoms with van der Waals surface area (Å²) in [6.07, 6.45) is 0. The Morgan fingerprint density at radius 3 is 1.85 bits per heavy atom. The molecule has 0 aromatic rings. The van der Waals surface area contributed by atoms with Crippen LogP contribution in [0.2, 0.25) is 0 Å². The first-order valence-corrected chi connectivity index (χ1v) is 4.11. The molecule has 0 amide bonds. The topological polar surface area (TPSA) is 86.3 Å². The molecule has 0 bridgehead atoms. The minimum Gasteiger partial charge on any atom is -0.265 e. The quantitative estimate of drug-likeness (QED) is 0.481. The molecule has 0 aliphatic heterocycles. The van der Waals surface area contributed by atoms with Crippen LogP contribution >= 0.6 is 0 Å². The van der Waals surface area contributed by atoms with Gasteiger partial charge in [0.1, 0.15) is 0 Å². The van der Waals surface area contributed by atoms with Crippen molar-refractivity contribution in [3.8, 4) is 0 Å². The van der Waals surface area contributed by atoms with Gasteiger partial charge in [-0.25, -0.2) is 0 Å². The van der Waals surface area contributed by atoms with Gasteiger partial charge < -0.3 is 0 Å². The standard InChI is InChI=1S/C7H14N2O4/c1-5(2)7(4-8(10)11)6(3)9(12)13/h5-7H,4H2,1-3H3. The molecule has 0 saturated heterocycles. The van der Waals surface area contributed by atoms with E-state index in [1.807, 2.05) is 0 Å². The van der Waals surface area contributed by atoms with Gasteiger partial charge in [0.25, 0.3) is 0 Å². The molecule has 0 heterocycles. The molecule has 0 N–H and O–H groups in total. The molecule has 13 heavy (non-hydrogen) atoms. The maximum absolute atomic E-state index is 10.4. The molecule has 6 heteroatoms. The smallest absolute Gasteiger partial charge is 0.219 e. The second-order valence-electron chi connectivity index (χ2n) is 3.45. The second-order valence-corrected chi connectivity index (χ2v) is 3.45. The zero-order chi connectivity index (χ0) is 10.6. The molecular weight excluding hydrogens is 176 g/mol. The molecule has 2 atom stereocenters. The van der Waals surface area contributed by atoms with Crippen molar-refractivity contribution >= 4 is 0 Å². The highest BCUT2D eigenvalue weighted by atomic mass is 16.6. The fraction of sp³-hybridized carbons (Fsp3) is 1.00. The summed E-state index contributed by atoms with van der Waals surface area (Å²) in [5, 5.41) is 20.6. The van der Waals surface area contributed by atoms with Gasteiger partial charge in [0.2, 0.25) is 12.6 Å². The molecule has 0 aliphatic rings. The van der Waals surface area contributed by atoms with Crippen LogP contribution < -0.4 is 0 Å². The molecule has 0 saturated carbocycles.